The Balaban J connectivity index is 0.00000289. The number of nitrogens with zero attached hydrogens (tertiary/aromatic N) is 1. The first kappa shape index (κ1) is 18.0. The molecule has 1 aliphatic rings. The van der Waals surface area contributed by atoms with E-state index in [9.17, 15) is 0 Å². The van der Waals surface area contributed by atoms with Gasteiger partial charge in [-0.1, -0.05) is 32.1 Å². The number of rotatable bonds is 5. The Morgan fingerprint density at radius 3 is 2.44 bits per heavy atom. The molecular weight excluding hydrogens is 337 g/mol. The van der Waals surface area contributed by atoms with Gasteiger partial charge in [-0.05, 0) is 32.6 Å². The van der Waals surface area contributed by atoms with Crippen molar-refractivity contribution in [3.05, 3.63) is 0 Å². The number of aliphatic imine (C=N–C) groups is 1. The van der Waals surface area contributed by atoms with Crippen molar-refractivity contribution in [1.82, 2.24) is 10.6 Å². The minimum Gasteiger partial charge on any atom is -0.356 e. The van der Waals surface area contributed by atoms with E-state index in [1.54, 1.807) is 0 Å². The summed E-state index contributed by atoms with van der Waals surface area (Å²) in [5.41, 5.74) is 0. The topological polar surface area (TPSA) is 36.4 Å². The second kappa shape index (κ2) is 10.9. The second-order valence-corrected chi connectivity index (χ2v) is 5.44. The Morgan fingerprint density at radius 1 is 1.22 bits per heavy atom. The standard InChI is InChI=1S/C14H29N3.HI/c1-12(2)17-14(15-3)16-11-7-10-13-8-5-4-6-9-13;/h12-13H,4-11H2,1-3H3,(H2,15,16,17);1H. The summed E-state index contributed by atoms with van der Waals surface area (Å²) in [4.78, 5) is 4.21. The molecule has 0 amide bonds. The summed E-state index contributed by atoms with van der Waals surface area (Å²) >= 11 is 0. The van der Waals surface area contributed by atoms with E-state index in [1.807, 2.05) is 7.05 Å². The number of guanidine groups is 1. The van der Waals surface area contributed by atoms with Gasteiger partial charge in [0.2, 0.25) is 0 Å². The van der Waals surface area contributed by atoms with Crippen molar-refractivity contribution in [2.75, 3.05) is 13.6 Å². The lowest BCUT2D eigenvalue weighted by atomic mass is 9.86. The Morgan fingerprint density at radius 2 is 1.89 bits per heavy atom. The first-order chi connectivity index (χ1) is 8.22. The molecule has 1 fully saturated rings. The van der Waals surface area contributed by atoms with Gasteiger partial charge in [0.25, 0.3) is 0 Å². The molecule has 2 N–H and O–H groups in total. The van der Waals surface area contributed by atoms with E-state index < -0.39 is 0 Å². The fourth-order valence-corrected chi connectivity index (χ4v) is 2.54. The molecular formula is C14H30IN3. The molecule has 0 radical (unpaired) electrons. The minimum atomic E-state index is 0. The monoisotopic (exact) mass is 367 g/mol. The average molecular weight is 367 g/mol. The van der Waals surface area contributed by atoms with Crippen molar-refractivity contribution in [2.45, 2.75) is 64.8 Å². The third-order valence-corrected chi connectivity index (χ3v) is 3.46. The van der Waals surface area contributed by atoms with Gasteiger partial charge in [-0.25, -0.2) is 0 Å². The SMILES string of the molecule is CN=C(NCCCC1CCCCC1)NC(C)C.I. The largest absolute Gasteiger partial charge is 0.356 e. The van der Waals surface area contributed by atoms with E-state index in [0.717, 1.165) is 18.4 Å². The summed E-state index contributed by atoms with van der Waals surface area (Å²) in [5, 5.41) is 6.69. The minimum absolute atomic E-state index is 0. The molecule has 108 valence electrons. The van der Waals surface area contributed by atoms with Crippen LogP contribution < -0.4 is 10.6 Å². The highest BCUT2D eigenvalue weighted by atomic mass is 127. The van der Waals surface area contributed by atoms with Crippen molar-refractivity contribution < 1.29 is 0 Å². The summed E-state index contributed by atoms with van der Waals surface area (Å²) in [6.07, 6.45) is 9.93. The van der Waals surface area contributed by atoms with Crippen LogP contribution in [0.4, 0.5) is 0 Å². The van der Waals surface area contributed by atoms with Crippen LogP contribution in [0.15, 0.2) is 4.99 Å². The fourth-order valence-electron chi connectivity index (χ4n) is 2.54. The smallest absolute Gasteiger partial charge is 0.191 e. The highest BCUT2D eigenvalue weighted by molar-refractivity contribution is 14.0. The van der Waals surface area contributed by atoms with Gasteiger partial charge in [0.1, 0.15) is 0 Å². The van der Waals surface area contributed by atoms with Crippen LogP contribution in [0.3, 0.4) is 0 Å². The van der Waals surface area contributed by atoms with Crippen LogP contribution in [0.5, 0.6) is 0 Å². The van der Waals surface area contributed by atoms with Crippen LogP contribution in [0.1, 0.15) is 58.8 Å². The predicted molar refractivity (Wildman–Crippen MR) is 90.9 cm³/mol. The zero-order valence-electron chi connectivity index (χ0n) is 12.2. The zero-order valence-corrected chi connectivity index (χ0v) is 14.5. The molecule has 0 unspecified atom stereocenters. The van der Waals surface area contributed by atoms with Gasteiger partial charge < -0.3 is 10.6 Å². The van der Waals surface area contributed by atoms with Gasteiger partial charge in [-0.15, -0.1) is 24.0 Å². The quantitative estimate of drug-likeness (QED) is 0.338. The number of nitrogens with one attached hydrogen (secondary N) is 2. The third kappa shape index (κ3) is 8.16. The molecule has 3 nitrogen and oxygen atoms in total. The fraction of sp³-hybridized carbons (Fsp3) is 0.929. The normalized spacial score (nSPS) is 17.4. The Hall–Kier alpha value is 0. The molecule has 0 aromatic carbocycles. The molecule has 0 bridgehead atoms. The van der Waals surface area contributed by atoms with Gasteiger partial charge in [-0.2, -0.15) is 0 Å². The van der Waals surface area contributed by atoms with E-state index >= 15 is 0 Å². The molecule has 0 spiro atoms. The maximum Gasteiger partial charge on any atom is 0.191 e. The molecule has 0 atom stereocenters. The molecule has 18 heavy (non-hydrogen) atoms. The molecule has 0 saturated heterocycles. The van der Waals surface area contributed by atoms with Gasteiger partial charge >= 0.3 is 0 Å². The van der Waals surface area contributed by atoms with Crippen LogP contribution in [0.25, 0.3) is 0 Å². The molecule has 1 saturated carbocycles. The van der Waals surface area contributed by atoms with E-state index in [4.69, 9.17) is 0 Å². The Labute approximate surface area is 130 Å². The summed E-state index contributed by atoms with van der Waals surface area (Å²) in [6.45, 7) is 5.31. The zero-order chi connectivity index (χ0) is 12.5. The number of hydrogen-bond donors (Lipinski definition) is 2. The second-order valence-electron chi connectivity index (χ2n) is 5.44. The summed E-state index contributed by atoms with van der Waals surface area (Å²) in [6, 6.07) is 0.444. The van der Waals surface area contributed by atoms with Gasteiger partial charge in [0, 0.05) is 19.6 Å². The van der Waals surface area contributed by atoms with Crippen molar-refractivity contribution in [3.8, 4) is 0 Å². The summed E-state index contributed by atoms with van der Waals surface area (Å²) < 4.78 is 0. The molecule has 4 heteroatoms. The maximum atomic E-state index is 4.21. The third-order valence-electron chi connectivity index (χ3n) is 3.46. The van der Waals surface area contributed by atoms with Crippen LogP contribution in [-0.2, 0) is 0 Å². The number of halogens is 1. The lowest BCUT2D eigenvalue weighted by Crippen LogP contribution is -2.41. The van der Waals surface area contributed by atoms with Crippen LogP contribution in [0.2, 0.25) is 0 Å². The van der Waals surface area contributed by atoms with Crippen molar-refractivity contribution in [1.29, 1.82) is 0 Å². The molecule has 0 aromatic rings. The Bertz CT molecular complexity index is 223. The van der Waals surface area contributed by atoms with E-state index in [-0.39, 0.29) is 24.0 Å². The average Bonchev–Trinajstić information content (AvgIpc) is 2.34. The summed E-state index contributed by atoms with van der Waals surface area (Å²) in [7, 11) is 1.83. The van der Waals surface area contributed by atoms with Crippen molar-refractivity contribution in [2.24, 2.45) is 10.9 Å². The summed E-state index contributed by atoms with van der Waals surface area (Å²) in [5.74, 6) is 1.93. The first-order valence-electron chi connectivity index (χ1n) is 7.19. The predicted octanol–water partition coefficient (Wildman–Crippen LogP) is 3.54. The first-order valence-corrected chi connectivity index (χ1v) is 7.19. The Kier molecular flexibility index (Phi) is 10.9. The van der Waals surface area contributed by atoms with Crippen LogP contribution in [0, 0.1) is 5.92 Å². The molecule has 1 aliphatic carbocycles. The lowest BCUT2D eigenvalue weighted by molar-refractivity contribution is 0.332. The van der Waals surface area contributed by atoms with Crippen LogP contribution in [-0.4, -0.2) is 25.6 Å². The highest BCUT2D eigenvalue weighted by Crippen LogP contribution is 2.26. The van der Waals surface area contributed by atoms with Gasteiger partial charge in [-0.3, -0.25) is 4.99 Å². The molecule has 0 aliphatic heterocycles. The number of hydrogen-bond acceptors (Lipinski definition) is 1. The van der Waals surface area contributed by atoms with E-state index in [0.29, 0.717) is 6.04 Å². The molecule has 0 aromatic heterocycles. The molecule has 0 heterocycles. The van der Waals surface area contributed by atoms with E-state index in [1.165, 1.54) is 44.9 Å². The van der Waals surface area contributed by atoms with Crippen molar-refractivity contribution >= 4 is 29.9 Å². The van der Waals surface area contributed by atoms with Crippen molar-refractivity contribution in [3.63, 3.8) is 0 Å². The van der Waals surface area contributed by atoms with Gasteiger partial charge in [0.05, 0.1) is 0 Å². The lowest BCUT2D eigenvalue weighted by Gasteiger charge is -2.21. The highest BCUT2D eigenvalue weighted by Gasteiger charge is 2.12. The van der Waals surface area contributed by atoms with Gasteiger partial charge in [0.15, 0.2) is 5.96 Å². The van der Waals surface area contributed by atoms with Crippen LogP contribution >= 0.6 is 24.0 Å². The molecule has 1 rings (SSSR count). The van der Waals surface area contributed by atoms with E-state index in [2.05, 4.69) is 29.5 Å². The maximum absolute atomic E-state index is 4.21.